The molecule has 21 heavy (non-hydrogen) atoms. The van der Waals surface area contributed by atoms with Crippen LogP contribution >= 0.6 is 0 Å². The van der Waals surface area contributed by atoms with Crippen molar-refractivity contribution < 1.29 is 19.3 Å². The number of aliphatic hydroxyl groups is 1. The summed E-state index contributed by atoms with van der Waals surface area (Å²) in [6, 6.07) is 3.97. The molecule has 5 heteroatoms. The first kappa shape index (κ1) is 14.5. The minimum atomic E-state index is -0.146. The van der Waals surface area contributed by atoms with Crippen molar-refractivity contribution >= 4 is 0 Å². The van der Waals surface area contributed by atoms with Gasteiger partial charge in [0.2, 0.25) is 5.75 Å². The van der Waals surface area contributed by atoms with Crippen LogP contribution in [0.4, 0.5) is 0 Å². The van der Waals surface area contributed by atoms with E-state index < -0.39 is 0 Å². The fraction of sp³-hybridized carbons (Fsp3) is 0.625. The van der Waals surface area contributed by atoms with Crippen LogP contribution in [-0.2, 0) is 6.54 Å². The molecule has 1 aliphatic heterocycles. The van der Waals surface area contributed by atoms with Gasteiger partial charge in [-0.05, 0) is 36.5 Å². The summed E-state index contributed by atoms with van der Waals surface area (Å²) >= 11 is 0. The van der Waals surface area contributed by atoms with Crippen LogP contribution in [0.2, 0.25) is 0 Å². The molecule has 0 aromatic heterocycles. The maximum atomic E-state index is 9.83. The Kier molecular flexibility index (Phi) is 4.51. The van der Waals surface area contributed by atoms with E-state index in [0.717, 1.165) is 43.7 Å². The van der Waals surface area contributed by atoms with E-state index in [9.17, 15) is 5.11 Å². The molecule has 1 aromatic carbocycles. The molecular weight excluding hydrogens is 270 g/mol. The first-order valence-electron chi connectivity index (χ1n) is 7.63. The molecule has 5 nitrogen and oxygen atoms in total. The first-order valence-corrected chi connectivity index (χ1v) is 7.63. The zero-order valence-corrected chi connectivity index (χ0v) is 12.4. The molecule has 1 saturated carbocycles. The Morgan fingerprint density at radius 3 is 2.90 bits per heavy atom. The second-order valence-electron chi connectivity index (χ2n) is 5.71. The molecular formula is C16H23NO4. The summed E-state index contributed by atoms with van der Waals surface area (Å²) in [7, 11) is 1.64. The molecule has 1 aromatic rings. The molecule has 2 N–H and O–H groups in total. The third-order valence-electron chi connectivity index (χ3n) is 4.24. The summed E-state index contributed by atoms with van der Waals surface area (Å²) < 4.78 is 16.6. The number of hydrogen-bond donors (Lipinski definition) is 2. The molecule has 116 valence electrons. The van der Waals surface area contributed by atoms with E-state index in [4.69, 9.17) is 14.2 Å². The van der Waals surface area contributed by atoms with Crippen LogP contribution in [0.5, 0.6) is 17.2 Å². The van der Waals surface area contributed by atoms with Crippen molar-refractivity contribution in [2.45, 2.75) is 31.9 Å². The minimum absolute atomic E-state index is 0.146. The average molecular weight is 293 g/mol. The molecule has 2 atom stereocenters. The second kappa shape index (κ2) is 6.54. The van der Waals surface area contributed by atoms with Gasteiger partial charge in [0.05, 0.1) is 13.2 Å². The number of methoxy groups -OCH3 is 1. The standard InChI is InChI=1S/C16H23NO4/c1-19-14-7-11(8-15-16(14)21-6-5-20-15)9-17-10-12-3-2-4-13(12)18/h7-8,12-13,17-18H,2-6,9-10H2,1H3. The molecule has 2 unspecified atom stereocenters. The Morgan fingerprint density at radius 1 is 1.29 bits per heavy atom. The highest BCUT2D eigenvalue weighted by Gasteiger charge is 2.24. The molecule has 0 saturated heterocycles. The van der Waals surface area contributed by atoms with Gasteiger partial charge in [0.15, 0.2) is 11.5 Å². The third kappa shape index (κ3) is 3.24. The molecule has 0 radical (unpaired) electrons. The Morgan fingerprint density at radius 2 is 2.14 bits per heavy atom. The quantitative estimate of drug-likeness (QED) is 0.865. The fourth-order valence-electron chi connectivity index (χ4n) is 3.09. The van der Waals surface area contributed by atoms with Gasteiger partial charge in [-0.2, -0.15) is 0 Å². The van der Waals surface area contributed by atoms with E-state index in [1.807, 2.05) is 12.1 Å². The maximum Gasteiger partial charge on any atom is 0.203 e. The predicted octanol–water partition coefficient (Wildman–Crippen LogP) is 1.72. The van der Waals surface area contributed by atoms with Crippen molar-refractivity contribution in [3.8, 4) is 17.2 Å². The van der Waals surface area contributed by atoms with Crippen LogP contribution in [0.25, 0.3) is 0 Å². The fourth-order valence-corrected chi connectivity index (χ4v) is 3.09. The summed E-state index contributed by atoms with van der Waals surface area (Å²) in [5.41, 5.74) is 1.10. The van der Waals surface area contributed by atoms with Gasteiger partial charge < -0.3 is 24.6 Å². The molecule has 0 bridgehead atoms. The highest BCUT2D eigenvalue weighted by molar-refractivity contribution is 5.54. The van der Waals surface area contributed by atoms with Crippen molar-refractivity contribution in [2.75, 3.05) is 26.9 Å². The zero-order chi connectivity index (χ0) is 14.7. The lowest BCUT2D eigenvalue weighted by Crippen LogP contribution is -2.27. The highest BCUT2D eigenvalue weighted by atomic mass is 16.6. The topological polar surface area (TPSA) is 60.0 Å². The smallest absolute Gasteiger partial charge is 0.203 e. The Balaban J connectivity index is 1.62. The lowest BCUT2D eigenvalue weighted by molar-refractivity contribution is 0.131. The second-order valence-corrected chi connectivity index (χ2v) is 5.71. The van der Waals surface area contributed by atoms with Crippen molar-refractivity contribution in [1.29, 1.82) is 0 Å². The molecule has 0 amide bonds. The number of fused-ring (bicyclic) bond motifs is 1. The number of ether oxygens (including phenoxy) is 3. The normalized spacial score (nSPS) is 24.1. The molecule has 1 aliphatic carbocycles. The van der Waals surface area contributed by atoms with Gasteiger partial charge in [0.1, 0.15) is 13.2 Å². The summed E-state index contributed by atoms with van der Waals surface area (Å²) in [5.74, 6) is 2.53. The summed E-state index contributed by atoms with van der Waals surface area (Å²) in [6.45, 7) is 2.70. The highest BCUT2D eigenvalue weighted by Crippen LogP contribution is 2.40. The van der Waals surface area contributed by atoms with Gasteiger partial charge in [-0.3, -0.25) is 0 Å². The maximum absolute atomic E-state index is 9.83. The van der Waals surface area contributed by atoms with Crippen LogP contribution < -0.4 is 19.5 Å². The van der Waals surface area contributed by atoms with E-state index >= 15 is 0 Å². The average Bonchev–Trinajstić information content (AvgIpc) is 2.92. The van der Waals surface area contributed by atoms with E-state index in [0.29, 0.717) is 30.6 Å². The SMILES string of the molecule is COc1cc(CNCC2CCCC2O)cc2c1OCCO2. The summed E-state index contributed by atoms with van der Waals surface area (Å²) in [4.78, 5) is 0. The van der Waals surface area contributed by atoms with Gasteiger partial charge in [0.25, 0.3) is 0 Å². The van der Waals surface area contributed by atoms with Crippen LogP contribution in [0, 0.1) is 5.92 Å². The summed E-state index contributed by atoms with van der Waals surface area (Å²) in [6.07, 6.45) is 3.03. The van der Waals surface area contributed by atoms with Gasteiger partial charge >= 0.3 is 0 Å². The number of rotatable bonds is 5. The molecule has 2 aliphatic rings. The van der Waals surface area contributed by atoms with Gasteiger partial charge in [-0.25, -0.2) is 0 Å². The lowest BCUT2D eigenvalue weighted by Gasteiger charge is -2.22. The van der Waals surface area contributed by atoms with Gasteiger partial charge in [-0.15, -0.1) is 0 Å². The Hall–Kier alpha value is -1.46. The minimum Gasteiger partial charge on any atom is -0.493 e. The van der Waals surface area contributed by atoms with Crippen molar-refractivity contribution in [3.63, 3.8) is 0 Å². The largest absolute Gasteiger partial charge is 0.493 e. The third-order valence-corrected chi connectivity index (χ3v) is 4.24. The Labute approximate surface area is 125 Å². The first-order chi connectivity index (χ1) is 10.3. The van der Waals surface area contributed by atoms with Crippen molar-refractivity contribution in [3.05, 3.63) is 17.7 Å². The molecule has 1 heterocycles. The number of nitrogens with one attached hydrogen (secondary N) is 1. The van der Waals surface area contributed by atoms with Gasteiger partial charge in [-0.1, -0.05) is 6.42 Å². The monoisotopic (exact) mass is 293 g/mol. The van der Waals surface area contributed by atoms with Crippen LogP contribution in [0.3, 0.4) is 0 Å². The van der Waals surface area contributed by atoms with Crippen LogP contribution in [0.1, 0.15) is 24.8 Å². The molecule has 0 spiro atoms. The van der Waals surface area contributed by atoms with E-state index in [2.05, 4.69) is 5.32 Å². The van der Waals surface area contributed by atoms with Crippen molar-refractivity contribution in [2.24, 2.45) is 5.92 Å². The Bertz CT molecular complexity index is 474. The molecule has 1 fully saturated rings. The zero-order valence-electron chi connectivity index (χ0n) is 12.4. The summed E-state index contributed by atoms with van der Waals surface area (Å²) in [5, 5.41) is 13.3. The van der Waals surface area contributed by atoms with E-state index in [1.54, 1.807) is 7.11 Å². The number of hydrogen-bond acceptors (Lipinski definition) is 5. The number of benzene rings is 1. The number of aliphatic hydroxyl groups excluding tert-OH is 1. The van der Waals surface area contributed by atoms with Crippen LogP contribution in [0.15, 0.2) is 12.1 Å². The molecule has 3 rings (SSSR count). The lowest BCUT2D eigenvalue weighted by atomic mass is 10.1. The predicted molar refractivity (Wildman–Crippen MR) is 79.0 cm³/mol. The van der Waals surface area contributed by atoms with Crippen LogP contribution in [-0.4, -0.2) is 38.1 Å². The van der Waals surface area contributed by atoms with Gasteiger partial charge in [0, 0.05) is 13.1 Å². The van der Waals surface area contributed by atoms with E-state index in [-0.39, 0.29) is 6.10 Å². The van der Waals surface area contributed by atoms with Crippen molar-refractivity contribution in [1.82, 2.24) is 5.32 Å². The van der Waals surface area contributed by atoms with E-state index in [1.165, 1.54) is 0 Å².